The smallest absolute Gasteiger partial charge is 0.236 e. The van der Waals surface area contributed by atoms with Gasteiger partial charge in [-0.2, -0.15) is 0 Å². The van der Waals surface area contributed by atoms with Crippen molar-refractivity contribution in [1.29, 1.82) is 0 Å². The van der Waals surface area contributed by atoms with Crippen molar-refractivity contribution in [2.75, 3.05) is 32.7 Å². The van der Waals surface area contributed by atoms with Gasteiger partial charge in [0.2, 0.25) is 5.91 Å². The number of piperidine rings is 2. The zero-order chi connectivity index (χ0) is 12.8. The van der Waals surface area contributed by atoms with Gasteiger partial charge in [-0.25, -0.2) is 0 Å². The highest BCUT2D eigenvalue weighted by Gasteiger charge is 2.26. The van der Waals surface area contributed by atoms with Gasteiger partial charge in [0, 0.05) is 19.1 Å². The summed E-state index contributed by atoms with van der Waals surface area (Å²) in [6.45, 7) is 4.36. The van der Waals surface area contributed by atoms with E-state index >= 15 is 0 Å². The van der Waals surface area contributed by atoms with Crippen LogP contribution in [0.1, 0.15) is 44.9 Å². The summed E-state index contributed by atoms with van der Waals surface area (Å²) in [6.07, 6.45) is 8.41. The lowest BCUT2D eigenvalue weighted by Gasteiger charge is -2.37. The fourth-order valence-electron chi connectivity index (χ4n) is 3.20. The second-order valence-corrected chi connectivity index (χ2v) is 5.64. The van der Waals surface area contributed by atoms with E-state index in [1.54, 1.807) is 0 Å². The molecule has 1 atom stereocenters. The molecule has 4 nitrogen and oxygen atoms in total. The molecule has 2 heterocycles. The summed E-state index contributed by atoms with van der Waals surface area (Å²) in [6, 6.07) is 0.539. The fourth-order valence-corrected chi connectivity index (χ4v) is 3.20. The summed E-state index contributed by atoms with van der Waals surface area (Å²) >= 11 is 0. The number of rotatable bonds is 4. The Bertz CT molecular complexity index is 267. The van der Waals surface area contributed by atoms with Gasteiger partial charge in [0.15, 0.2) is 0 Å². The Balaban J connectivity index is 0.00000180. The normalized spacial score (nSPS) is 24.9. The number of carbonyl (C=O) groups is 1. The first kappa shape index (κ1) is 16.7. The van der Waals surface area contributed by atoms with E-state index in [-0.39, 0.29) is 12.4 Å². The fraction of sp³-hybridized carbons (Fsp3) is 0.929. The van der Waals surface area contributed by atoms with Crippen molar-refractivity contribution in [2.45, 2.75) is 51.0 Å². The number of halogens is 1. The van der Waals surface area contributed by atoms with Gasteiger partial charge in [0.1, 0.15) is 0 Å². The molecule has 0 saturated carbocycles. The van der Waals surface area contributed by atoms with Gasteiger partial charge >= 0.3 is 0 Å². The van der Waals surface area contributed by atoms with Crippen LogP contribution in [0.2, 0.25) is 0 Å². The number of hydrogen-bond donors (Lipinski definition) is 1. The molecule has 1 unspecified atom stereocenters. The van der Waals surface area contributed by atoms with E-state index in [0.717, 1.165) is 32.6 Å². The van der Waals surface area contributed by atoms with Gasteiger partial charge in [0.05, 0.1) is 6.54 Å². The van der Waals surface area contributed by atoms with Crippen LogP contribution < -0.4 is 5.73 Å². The molecule has 19 heavy (non-hydrogen) atoms. The van der Waals surface area contributed by atoms with Gasteiger partial charge in [-0.05, 0) is 51.6 Å². The lowest BCUT2D eigenvalue weighted by Crippen LogP contribution is -2.48. The molecule has 2 aliphatic heterocycles. The SMILES string of the molecule is Cl.NCCC1CCCCN1CC(=O)N1CCCCC1. The van der Waals surface area contributed by atoms with Gasteiger partial charge in [-0.3, -0.25) is 9.69 Å². The number of likely N-dealkylation sites (tertiary alicyclic amines) is 2. The maximum Gasteiger partial charge on any atom is 0.236 e. The monoisotopic (exact) mass is 289 g/mol. The van der Waals surface area contributed by atoms with Crippen LogP contribution >= 0.6 is 12.4 Å². The number of hydrogen-bond acceptors (Lipinski definition) is 3. The first-order valence-corrected chi connectivity index (χ1v) is 7.53. The molecular weight excluding hydrogens is 262 g/mol. The van der Waals surface area contributed by atoms with Crippen molar-refractivity contribution in [3.63, 3.8) is 0 Å². The minimum Gasteiger partial charge on any atom is -0.342 e. The summed E-state index contributed by atoms with van der Waals surface area (Å²) in [5, 5.41) is 0. The number of nitrogens with zero attached hydrogens (tertiary/aromatic N) is 2. The van der Waals surface area contributed by atoms with Crippen LogP contribution in [-0.2, 0) is 4.79 Å². The third-order valence-electron chi connectivity index (χ3n) is 4.30. The van der Waals surface area contributed by atoms with E-state index < -0.39 is 0 Å². The third-order valence-corrected chi connectivity index (χ3v) is 4.30. The number of amides is 1. The molecule has 112 valence electrons. The number of nitrogens with two attached hydrogens (primary N) is 1. The van der Waals surface area contributed by atoms with Crippen LogP contribution in [0.4, 0.5) is 0 Å². The Morgan fingerprint density at radius 1 is 1.05 bits per heavy atom. The quantitative estimate of drug-likeness (QED) is 0.856. The highest BCUT2D eigenvalue weighted by molar-refractivity contribution is 5.85. The summed E-state index contributed by atoms with van der Waals surface area (Å²) in [5.41, 5.74) is 5.67. The second kappa shape index (κ2) is 8.77. The van der Waals surface area contributed by atoms with E-state index in [9.17, 15) is 4.79 Å². The highest BCUT2D eigenvalue weighted by atomic mass is 35.5. The Hall–Kier alpha value is -0.320. The van der Waals surface area contributed by atoms with Crippen LogP contribution in [0.15, 0.2) is 0 Å². The molecule has 5 heteroatoms. The second-order valence-electron chi connectivity index (χ2n) is 5.64. The van der Waals surface area contributed by atoms with Crippen LogP contribution in [0.3, 0.4) is 0 Å². The molecule has 2 N–H and O–H groups in total. The first-order valence-electron chi connectivity index (χ1n) is 7.53. The largest absolute Gasteiger partial charge is 0.342 e. The number of carbonyl (C=O) groups excluding carboxylic acids is 1. The van der Waals surface area contributed by atoms with E-state index in [0.29, 0.717) is 18.5 Å². The zero-order valence-electron chi connectivity index (χ0n) is 11.9. The van der Waals surface area contributed by atoms with Crippen molar-refractivity contribution in [3.8, 4) is 0 Å². The van der Waals surface area contributed by atoms with Crippen LogP contribution in [0.5, 0.6) is 0 Å². The maximum atomic E-state index is 12.3. The maximum absolute atomic E-state index is 12.3. The van der Waals surface area contributed by atoms with Crippen molar-refractivity contribution in [1.82, 2.24) is 9.80 Å². The van der Waals surface area contributed by atoms with E-state index in [4.69, 9.17) is 5.73 Å². The lowest BCUT2D eigenvalue weighted by molar-refractivity contribution is -0.134. The third kappa shape index (κ3) is 4.93. The Morgan fingerprint density at radius 3 is 2.42 bits per heavy atom. The molecule has 2 rings (SSSR count). The topological polar surface area (TPSA) is 49.6 Å². The van der Waals surface area contributed by atoms with Crippen molar-refractivity contribution in [3.05, 3.63) is 0 Å². The molecule has 1 amide bonds. The molecule has 2 fully saturated rings. The Labute approximate surface area is 123 Å². The molecule has 0 aliphatic carbocycles. The molecular formula is C14H28ClN3O. The summed E-state index contributed by atoms with van der Waals surface area (Å²) < 4.78 is 0. The van der Waals surface area contributed by atoms with Crippen LogP contribution in [0.25, 0.3) is 0 Å². The Morgan fingerprint density at radius 2 is 1.74 bits per heavy atom. The van der Waals surface area contributed by atoms with Crippen molar-refractivity contribution >= 4 is 18.3 Å². The lowest BCUT2D eigenvalue weighted by atomic mass is 9.99. The molecule has 2 saturated heterocycles. The predicted molar refractivity (Wildman–Crippen MR) is 80.6 cm³/mol. The van der Waals surface area contributed by atoms with E-state index in [1.807, 2.05) is 0 Å². The Kier molecular flexibility index (Phi) is 7.73. The first-order chi connectivity index (χ1) is 8.81. The molecule has 0 bridgehead atoms. The molecule has 0 aromatic carbocycles. The minimum absolute atomic E-state index is 0. The van der Waals surface area contributed by atoms with E-state index in [2.05, 4.69) is 9.80 Å². The molecule has 0 aromatic rings. The van der Waals surface area contributed by atoms with E-state index in [1.165, 1.54) is 38.5 Å². The zero-order valence-corrected chi connectivity index (χ0v) is 12.7. The van der Waals surface area contributed by atoms with Gasteiger partial charge in [0.25, 0.3) is 0 Å². The summed E-state index contributed by atoms with van der Waals surface area (Å²) in [5.74, 6) is 0.332. The van der Waals surface area contributed by atoms with Crippen molar-refractivity contribution < 1.29 is 4.79 Å². The molecule has 2 aliphatic rings. The van der Waals surface area contributed by atoms with Gasteiger partial charge < -0.3 is 10.6 Å². The van der Waals surface area contributed by atoms with Crippen LogP contribution in [-0.4, -0.2) is 54.5 Å². The van der Waals surface area contributed by atoms with Crippen molar-refractivity contribution in [2.24, 2.45) is 5.73 Å². The predicted octanol–water partition coefficient (Wildman–Crippen LogP) is 1.62. The molecule has 0 radical (unpaired) electrons. The molecule has 0 spiro atoms. The average Bonchev–Trinajstić information content (AvgIpc) is 2.42. The molecule has 0 aromatic heterocycles. The average molecular weight is 290 g/mol. The minimum atomic E-state index is 0. The standard InChI is InChI=1S/C14H27N3O.ClH/c15-8-7-13-6-2-5-11-17(13)12-14(18)16-9-3-1-4-10-16;/h13H,1-12,15H2;1H. The highest BCUT2D eigenvalue weighted by Crippen LogP contribution is 2.19. The summed E-state index contributed by atoms with van der Waals surface area (Å²) in [7, 11) is 0. The van der Waals surface area contributed by atoms with Gasteiger partial charge in [-0.15, -0.1) is 12.4 Å². The van der Waals surface area contributed by atoms with Crippen LogP contribution in [0, 0.1) is 0 Å². The van der Waals surface area contributed by atoms with Gasteiger partial charge in [-0.1, -0.05) is 6.42 Å². The summed E-state index contributed by atoms with van der Waals surface area (Å²) in [4.78, 5) is 16.7.